The van der Waals surface area contributed by atoms with Gasteiger partial charge < -0.3 is 24.4 Å². The molecular weight excluding hydrogens is 438 g/mol. The number of hydrogen-bond acceptors (Lipinski definition) is 6. The fourth-order valence-corrected chi connectivity index (χ4v) is 4.02. The summed E-state index contributed by atoms with van der Waals surface area (Å²) in [5.41, 5.74) is 2.15. The van der Waals surface area contributed by atoms with E-state index in [9.17, 15) is 24.6 Å². The first-order chi connectivity index (χ1) is 16.0. The summed E-state index contributed by atoms with van der Waals surface area (Å²) >= 11 is 0. The highest BCUT2D eigenvalue weighted by Gasteiger charge is 2.25. The number of aryl methyl sites for hydroxylation is 1. The van der Waals surface area contributed by atoms with Crippen LogP contribution in [0.1, 0.15) is 49.1 Å². The van der Waals surface area contributed by atoms with Gasteiger partial charge in [-0.1, -0.05) is 32.9 Å². The maximum atomic E-state index is 12.7. The van der Waals surface area contributed by atoms with E-state index in [1.54, 1.807) is 19.3 Å². The van der Waals surface area contributed by atoms with Gasteiger partial charge in [0, 0.05) is 22.4 Å². The molecule has 34 heavy (non-hydrogen) atoms. The zero-order chi connectivity index (χ0) is 24.8. The number of carbonyl (C=O) groups is 2. The standard InChI is InChI=1S/C26H25NO7/c1-13-16-9-18-19(26(2,3)4)12-33-20(18)11-21(16)34-25(32)17(13)10-22(29)27-23(24(30)31)14-5-7-15(28)8-6-14/h5-9,11-12,23,28H,10H2,1-4H3,(H,27,29)(H,30,31). The van der Waals surface area contributed by atoms with Crippen molar-refractivity contribution in [1.82, 2.24) is 5.32 Å². The Morgan fingerprint density at radius 3 is 2.35 bits per heavy atom. The van der Waals surface area contributed by atoms with E-state index in [0.717, 1.165) is 10.9 Å². The number of carboxylic acids is 1. The second-order valence-corrected chi connectivity index (χ2v) is 9.34. The summed E-state index contributed by atoms with van der Waals surface area (Å²) in [6.07, 6.45) is 1.35. The van der Waals surface area contributed by atoms with Crippen molar-refractivity contribution in [2.24, 2.45) is 0 Å². The smallest absolute Gasteiger partial charge is 0.340 e. The molecule has 0 radical (unpaired) electrons. The molecule has 0 spiro atoms. The van der Waals surface area contributed by atoms with Crippen LogP contribution in [0.5, 0.6) is 5.75 Å². The molecule has 1 amide bonds. The molecule has 2 aromatic heterocycles. The van der Waals surface area contributed by atoms with Crippen molar-refractivity contribution in [1.29, 1.82) is 0 Å². The number of nitrogens with one attached hydrogen (secondary N) is 1. The van der Waals surface area contributed by atoms with Crippen LogP contribution in [-0.4, -0.2) is 22.1 Å². The molecule has 0 saturated heterocycles. The molecule has 0 aliphatic heterocycles. The zero-order valence-electron chi connectivity index (χ0n) is 19.3. The van der Waals surface area contributed by atoms with E-state index in [2.05, 4.69) is 26.1 Å². The van der Waals surface area contributed by atoms with Crippen molar-refractivity contribution < 1.29 is 28.6 Å². The molecular formula is C26H25NO7. The number of phenols is 1. The monoisotopic (exact) mass is 463 g/mol. The normalized spacial score (nSPS) is 12.7. The fourth-order valence-electron chi connectivity index (χ4n) is 4.02. The highest BCUT2D eigenvalue weighted by Crippen LogP contribution is 2.35. The molecule has 176 valence electrons. The van der Waals surface area contributed by atoms with E-state index >= 15 is 0 Å². The molecule has 2 heterocycles. The van der Waals surface area contributed by atoms with Crippen LogP contribution >= 0.6 is 0 Å². The summed E-state index contributed by atoms with van der Waals surface area (Å²) in [6.45, 7) is 7.95. The third-order valence-electron chi connectivity index (χ3n) is 5.91. The van der Waals surface area contributed by atoms with Crippen molar-refractivity contribution in [3.05, 3.63) is 75.3 Å². The number of carbonyl (C=O) groups excluding carboxylic acids is 1. The summed E-state index contributed by atoms with van der Waals surface area (Å²) in [5, 5.41) is 23.0. The van der Waals surface area contributed by atoms with Gasteiger partial charge in [-0.15, -0.1) is 0 Å². The third kappa shape index (κ3) is 4.26. The minimum atomic E-state index is -1.33. The van der Waals surface area contributed by atoms with E-state index < -0.39 is 23.5 Å². The molecule has 3 N–H and O–H groups in total. The van der Waals surface area contributed by atoms with Crippen LogP contribution in [0.2, 0.25) is 0 Å². The van der Waals surface area contributed by atoms with Gasteiger partial charge in [0.2, 0.25) is 5.91 Å². The number of aromatic hydroxyl groups is 1. The van der Waals surface area contributed by atoms with Gasteiger partial charge in [-0.05, 0) is 41.7 Å². The topological polar surface area (TPSA) is 130 Å². The number of aliphatic carboxylic acids is 1. The molecule has 0 aliphatic rings. The lowest BCUT2D eigenvalue weighted by molar-refractivity contribution is -0.142. The Hall–Kier alpha value is -4.07. The van der Waals surface area contributed by atoms with Crippen LogP contribution in [0.3, 0.4) is 0 Å². The van der Waals surface area contributed by atoms with Gasteiger partial charge in [0.15, 0.2) is 6.04 Å². The van der Waals surface area contributed by atoms with Crippen molar-refractivity contribution in [2.45, 2.75) is 45.6 Å². The van der Waals surface area contributed by atoms with Crippen LogP contribution in [0.15, 0.2) is 56.3 Å². The average Bonchev–Trinajstić information content (AvgIpc) is 3.18. The Morgan fingerprint density at radius 2 is 1.74 bits per heavy atom. The highest BCUT2D eigenvalue weighted by molar-refractivity contribution is 5.97. The zero-order valence-corrected chi connectivity index (χ0v) is 19.3. The maximum absolute atomic E-state index is 12.7. The number of fused-ring (bicyclic) bond motifs is 2. The number of carboxylic acid groups (broad SMARTS) is 1. The number of rotatable bonds is 5. The Balaban J connectivity index is 1.70. The molecule has 1 atom stereocenters. The largest absolute Gasteiger partial charge is 0.508 e. The highest BCUT2D eigenvalue weighted by atomic mass is 16.4. The van der Waals surface area contributed by atoms with Crippen molar-refractivity contribution >= 4 is 33.8 Å². The fraction of sp³-hybridized carbons (Fsp3) is 0.269. The second-order valence-electron chi connectivity index (χ2n) is 9.34. The van der Waals surface area contributed by atoms with E-state index in [1.165, 1.54) is 24.3 Å². The molecule has 0 bridgehead atoms. The number of phenolic OH excluding ortho intramolecular Hbond substituents is 1. The van der Waals surface area contributed by atoms with E-state index in [0.29, 0.717) is 22.1 Å². The van der Waals surface area contributed by atoms with Gasteiger partial charge in [0.1, 0.15) is 16.9 Å². The molecule has 4 rings (SSSR count). The summed E-state index contributed by atoms with van der Waals surface area (Å²) in [6, 6.07) is 7.72. The van der Waals surface area contributed by atoms with Gasteiger partial charge in [-0.25, -0.2) is 9.59 Å². The van der Waals surface area contributed by atoms with Gasteiger partial charge in [0.25, 0.3) is 0 Å². The molecule has 0 saturated carbocycles. The SMILES string of the molecule is Cc1c(CC(=O)NC(C(=O)O)c2ccc(O)cc2)c(=O)oc2cc3occ(C(C)(C)C)c3cc12. The van der Waals surface area contributed by atoms with Crippen molar-refractivity contribution in [2.75, 3.05) is 0 Å². The molecule has 0 fully saturated rings. The van der Waals surface area contributed by atoms with Crippen LogP contribution < -0.4 is 10.9 Å². The van der Waals surface area contributed by atoms with Crippen LogP contribution in [0.25, 0.3) is 21.9 Å². The number of furan rings is 1. The number of amides is 1. The lowest BCUT2D eigenvalue weighted by atomic mass is 9.86. The van der Waals surface area contributed by atoms with E-state index in [1.807, 2.05) is 6.07 Å². The van der Waals surface area contributed by atoms with E-state index in [-0.39, 0.29) is 28.7 Å². The van der Waals surface area contributed by atoms with Gasteiger partial charge in [-0.2, -0.15) is 0 Å². The summed E-state index contributed by atoms with van der Waals surface area (Å²) in [4.78, 5) is 37.2. The van der Waals surface area contributed by atoms with Crippen molar-refractivity contribution in [3.63, 3.8) is 0 Å². The minimum Gasteiger partial charge on any atom is -0.508 e. The summed E-state index contributed by atoms with van der Waals surface area (Å²) < 4.78 is 11.2. The molecule has 4 aromatic rings. The first-order valence-electron chi connectivity index (χ1n) is 10.7. The predicted octanol–water partition coefficient (Wildman–Crippen LogP) is 4.34. The molecule has 2 aromatic carbocycles. The third-order valence-corrected chi connectivity index (χ3v) is 5.91. The number of benzene rings is 2. The molecule has 8 heteroatoms. The average molecular weight is 463 g/mol. The van der Waals surface area contributed by atoms with Crippen LogP contribution in [0, 0.1) is 6.92 Å². The first kappa shape index (κ1) is 23.1. The predicted molar refractivity (Wildman–Crippen MR) is 126 cm³/mol. The Bertz CT molecular complexity index is 1470. The molecule has 0 aliphatic carbocycles. The summed E-state index contributed by atoms with van der Waals surface area (Å²) in [5.74, 6) is -1.93. The minimum absolute atomic E-state index is 0.0232. The van der Waals surface area contributed by atoms with Gasteiger partial charge in [0.05, 0.1) is 18.2 Å². The molecule has 1 unspecified atom stereocenters. The Labute approximate surface area is 194 Å². The number of hydrogen-bond donors (Lipinski definition) is 3. The van der Waals surface area contributed by atoms with Gasteiger partial charge in [-0.3, -0.25) is 4.79 Å². The summed E-state index contributed by atoms with van der Waals surface area (Å²) in [7, 11) is 0. The van der Waals surface area contributed by atoms with Crippen molar-refractivity contribution in [3.8, 4) is 5.75 Å². The lowest BCUT2D eigenvalue weighted by Crippen LogP contribution is -2.35. The Morgan fingerprint density at radius 1 is 1.06 bits per heavy atom. The van der Waals surface area contributed by atoms with E-state index in [4.69, 9.17) is 8.83 Å². The lowest BCUT2D eigenvalue weighted by Gasteiger charge is -2.17. The van der Waals surface area contributed by atoms with Crippen LogP contribution in [-0.2, 0) is 21.4 Å². The maximum Gasteiger partial charge on any atom is 0.340 e. The van der Waals surface area contributed by atoms with Gasteiger partial charge >= 0.3 is 11.6 Å². The quantitative estimate of drug-likeness (QED) is 0.376. The van der Waals surface area contributed by atoms with Crippen LogP contribution in [0.4, 0.5) is 0 Å². The molecule has 8 nitrogen and oxygen atoms in total. The Kier molecular flexibility index (Phi) is 5.69. The second kappa shape index (κ2) is 8.37. The first-order valence-corrected chi connectivity index (χ1v) is 10.7.